The monoisotopic (exact) mass is 334 g/mol. The fourth-order valence-corrected chi connectivity index (χ4v) is 5.63. The summed E-state index contributed by atoms with van der Waals surface area (Å²) >= 11 is 5.48. The molecule has 3 aromatic rings. The van der Waals surface area contributed by atoms with E-state index in [-0.39, 0.29) is 0 Å². The quantitative estimate of drug-likeness (QED) is 0.709. The van der Waals surface area contributed by atoms with Gasteiger partial charge in [0.2, 0.25) is 0 Å². The molecule has 0 spiro atoms. The van der Waals surface area contributed by atoms with Gasteiger partial charge in [0.1, 0.15) is 0 Å². The van der Waals surface area contributed by atoms with Gasteiger partial charge < -0.3 is 11.5 Å². The van der Waals surface area contributed by atoms with Crippen molar-refractivity contribution in [3.05, 3.63) is 46.2 Å². The Balaban J connectivity index is 1.92. The second-order valence-corrected chi connectivity index (χ2v) is 7.71. The minimum atomic E-state index is 0.702. The van der Waals surface area contributed by atoms with E-state index in [1.807, 2.05) is 11.3 Å². The molecule has 5 heteroatoms. The highest BCUT2D eigenvalue weighted by molar-refractivity contribution is 7.25. The molecule has 21 heavy (non-hydrogen) atoms. The largest absolute Gasteiger partial charge is 0.330 e. The lowest BCUT2D eigenvalue weighted by atomic mass is 10.1. The molecule has 0 aromatic carbocycles. The molecule has 0 aliphatic heterocycles. The number of nitrogens with two attached hydrogens (primary N) is 2. The fourth-order valence-electron chi connectivity index (χ4n) is 2.39. The van der Waals surface area contributed by atoms with Crippen LogP contribution in [0.2, 0.25) is 0 Å². The molecule has 0 radical (unpaired) electrons. The van der Waals surface area contributed by atoms with Crippen LogP contribution in [-0.2, 0) is 12.8 Å². The van der Waals surface area contributed by atoms with Gasteiger partial charge in [-0.15, -0.1) is 34.0 Å². The summed E-state index contributed by atoms with van der Waals surface area (Å²) in [6.07, 6.45) is 1.90. The molecule has 0 saturated heterocycles. The lowest BCUT2D eigenvalue weighted by molar-refractivity contribution is 0.976. The van der Waals surface area contributed by atoms with Crippen LogP contribution in [0.25, 0.3) is 19.5 Å². The number of hydrogen-bond acceptors (Lipinski definition) is 5. The average molecular weight is 335 g/mol. The third-order valence-corrected chi connectivity index (χ3v) is 6.73. The predicted molar refractivity (Wildman–Crippen MR) is 96.5 cm³/mol. The first-order chi connectivity index (χ1) is 10.3. The molecule has 3 aromatic heterocycles. The normalized spacial score (nSPS) is 11.1. The topological polar surface area (TPSA) is 52.0 Å². The van der Waals surface area contributed by atoms with Crippen molar-refractivity contribution in [3.63, 3.8) is 0 Å². The Bertz CT molecular complexity index is 650. The van der Waals surface area contributed by atoms with Gasteiger partial charge in [0.05, 0.1) is 0 Å². The van der Waals surface area contributed by atoms with E-state index in [2.05, 4.69) is 35.0 Å². The van der Waals surface area contributed by atoms with Crippen LogP contribution in [0.3, 0.4) is 0 Å². The minimum absolute atomic E-state index is 0.702. The highest BCUT2D eigenvalue weighted by Crippen LogP contribution is 2.41. The summed E-state index contributed by atoms with van der Waals surface area (Å²) in [6, 6.07) is 8.85. The van der Waals surface area contributed by atoms with Gasteiger partial charge in [-0.25, -0.2) is 0 Å². The molecule has 0 atom stereocenters. The maximum Gasteiger partial charge on any atom is 0.0475 e. The van der Waals surface area contributed by atoms with E-state index >= 15 is 0 Å². The molecule has 0 saturated carbocycles. The third-order valence-electron chi connectivity index (χ3n) is 3.37. The Labute approximate surface area is 137 Å². The van der Waals surface area contributed by atoms with Crippen LogP contribution in [0.15, 0.2) is 35.0 Å². The molecule has 3 heterocycles. The molecule has 0 fully saturated rings. The van der Waals surface area contributed by atoms with Crippen LogP contribution in [0.4, 0.5) is 0 Å². The van der Waals surface area contributed by atoms with Crippen LogP contribution in [-0.4, -0.2) is 13.1 Å². The fraction of sp³-hybridized carbons (Fsp3) is 0.250. The van der Waals surface area contributed by atoms with Crippen molar-refractivity contribution in [1.82, 2.24) is 0 Å². The molecule has 0 bridgehead atoms. The molecule has 110 valence electrons. The number of rotatable bonds is 6. The average Bonchev–Trinajstić information content (AvgIpc) is 3.17. The predicted octanol–water partition coefficient (Wildman–Crippen LogP) is 4.21. The SMILES string of the molecule is NCCc1ccsc1-c1ccc(-c2sccc2CCN)s1. The second kappa shape index (κ2) is 6.85. The van der Waals surface area contributed by atoms with Gasteiger partial charge in [0.25, 0.3) is 0 Å². The highest BCUT2D eigenvalue weighted by atomic mass is 32.1. The smallest absolute Gasteiger partial charge is 0.0475 e. The standard InChI is InChI=1S/C16H18N2S3/c17-7-3-11-5-9-19-15(11)13-1-2-14(21-13)16-12(4-8-18)6-10-20-16/h1-2,5-6,9-10H,3-4,7-8,17-18H2. The lowest BCUT2D eigenvalue weighted by Crippen LogP contribution is -2.02. The van der Waals surface area contributed by atoms with E-state index in [4.69, 9.17) is 11.5 Å². The third kappa shape index (κ3) is 3.12. The van der Waals surface area contributed by atoms with E-state index in [1.165, 1.54) is 30.6 Å². The van der Waals surface area contributed by atoms with Crippen LogP contribution in [0, 0.1) is 0 Å². The van der Waals surface area contributed by atoms with Gasteiger partial charge in [-0.1, -0.05) is 0 Å². The zero-order chi connectivity index (χ0) is 14.7. The number of thiophene rings is 3. The second-order valence-electron chi connectivity index (χ2n) is 4.79. The Morgan fingerprint density at radius 2 is 1.19 bits per heavy atom. The van der Waals surface area contributed by atoms with Crippen molar-refractivity contribution in [1.29, 1.82) is 0 Å². The molecule has 2 nitrogen and oxygen atoms in total. The lowest BCUT2D eigenvalue weighted by Gasteiger charge is -2.00. The van der Waals surface area contributed by atoms with Crippen LogP contribution in [0.5, 0.6) is 0 Å². The number of hydrogen-bond donors (Lipinski definition) is 2. The maximum absolute atomic E-state index is 5.70. The van der Waals surface area contributed by atoms with E-state index in [1.54, 1.807) is 22.7 Å². The zero-order valence-electron chi connectivity index (χ0n) is 11.7. The molecule has 0 unspecified atom stereocenters. The summed E-state index contributed by atoms with van der Waals surface area (Å²) in [5.74, 6) is 0. The van der Waals surface area contributed by atoms with Gasteiger partial charge in [-0.2, -0.15) is 0 Å². The van der Waals surface area contributed by atoms with Crippen LogP contribution in [0.1, 0.15) is 11.1 Å². The summed E-state index contributed by atoms with van der Waals surface area (Å²) < 4.78 is 0. The Morgan fingerprint density at radius 1 is 0.714 bits per heavy atom. The Hall–Kier alpha value is -0.980. The van der Waals surface area contributed by atoms with Gasteiger partial charge in [0.15, 0.2) is 0 Å². The minimum Gasteiger partial charge on any atom is -0.330 e. The summed E-state index contributed by atoms with van der Waals surface area (Å²) in [6.45, 7) is 1.40. The first-order valence-electron chi connectivity index (χ1n) is 6.97. The van der Waals surface area contributed by atoms with Crippen molar-refractivity contribution >= 4 is 34.0 Å². The Morgan fingerprint density at radius 3 is 1.62 bits per heavy atom. The summed E-state index contributed by atoms with van der Waals surface area (Å²) in [5.41, 5.74) is 14.1. The summed E-state index contributed by atoms with van der Waals surface area (Å²) in [7, 11) is 0. The summed E-state index contributed by atoms with van der Waals surface area (Å²) in [4.78, 5) is 5.42. The van der Waals surface area contributed by atoms with Crippen molar-refractivity contribution in [2.45, 2.75) is 12.8 Å². The van der Waals surface area contributed by atoms with E-state index in [0.717, 1.165) is 12.8 Å². The van der Waals surface area contributed by atoms with Gasteiger partial charge in [-0.05, 0) is 72.1 Å². The molecule has 3 rings (SSSR count). The molecule has 0 aliphatic rings. The van der Waals surface area contributed by atoms with E-state index in [0.29, 0.717) is 13.1 Å². The zero-order valence-corrected chi connectivity index (χ0v) is 14.1. The van der Waals surface area contributed by atoms with Gasteiger partial charge >= 0.3 is 0 Å². The van der Waals surface area contributed by atoms with Crippen molar-refractivity contribution in [3.8, 4) is 19.5 Å². The van der Waals surface area contributed by atoms with Gasteiger partial charge in [0, 0.05) is 19.5 Å². The van der Waals surface area contributed by atoms with Crippen molar-refractivity contribution in [2.75, 3.05) is 13.1 Å². The van der Waals surface area contributed by atoms with Crippen molar-refractivity contribution in [2.24, 2.45) is 11.5 Å². The van der Waals surface area contributed by atoms with Crippen LogP contribution < -0.4 is 11.5 Å². The van der Waals surface area contributed by atoms with E-state index < -0.39 is 0 Å². The summed E-state index contributed by atoms with van der Waals surface area (Å²) in [5, 5.41) is 4.31. The van der Waals surface area contributed by atoms with Crippen molar-refractivity contribution < 1.29 is 0 Å². The highest BCUT2D eigenvalue weighted by Gasteiger charge is 2.13. The van der Waals surface area contributed by atoms with E-state index in [9.17, 15) is 0 Å². The van der Waals surface area contributed by atoms with Crippen LogP contribution >= 0.6 is 34.0 Å². The molecule has 0 amide bonds. The maximum atomic E-state index is 5.70. The Kier molecular flexibility index (Phi) is 4.87. The first-order valence-corrected chi connectivity index (χ1v) is 9.54. The molecular weight excluding hydrogens is 316 g/mol. The molecule has 4 N–H and O–H groups in total. The molecular formula is C16H18N2S3. The molecule has 0 aliphatic carbocycles. The van der Waals surface area contributed by atoms with Gasteiger partial charge in [-0.3, -0.25) is 0 Å². The first kappa shape index (κ1) is 14.9.